The van der Waals surface area contributed by atoms with E-state index in [0.29, 0.717) is 5.56 Å². The molecule has 3 heteroatoms. The summed E-state index contributed by atoms with van der Waals surface area (Å²) in [6.45, 7) is 6.28. The summed E-state index contributed by atoms with van der Waals surface area (Å²) in [6, 6.07) is 6.19. The molecule has 0 aromatic heterocycles. The van der Waals surface area contributed by atoms with Crippen molar-refractivity contribution in [2.24, 2.45) is 0 Å². The minimum atomic E-state index is -0.349. The van der Waals surface area contributed by atoms with Gasteiger partial charge in [-0.15, -0.1) is 0 Å². The highest BCUT2D eigenvalue weighted by molar-refractivity contribution is 5.89. The molecule has 0 atom stereocenters. The van der Waals surface area contributed by atoms with E-state index in [2.05, 4.69) is 20.8 Å². The highest BCUT2D eigenvalue weighted by atomic mass is 16.6. The smallest absolute Gasteiger partial charge is 0.338 e. The quantitative estimate of drug-likeness (QED) is 0.747. The Labute approximate surface area is 115 Å². The van der Waals surface area contributed by atoms with Crippen molar-refractivity contribution in [1.29, 1.82) is 0 Å². The predicted octanol–water partition coefficient (Wildman–Crippen LogP) is 4.30. The number of carbonyl (C=O) groups is 1. The molecular formula is C16H24O3. The molecule has 0 saturated heterocycles. The van der Waals surface area contributed by atoms with E-state index in [1.54, 1.807) is 12.1 Å². The van der Waals surface area contributed by atoms with Gasteiger partial charge in [-0.3, -0.25) is 0 Å². The van der Waals surface area contributed by atoms with Crippen LogP contribution in [0.2, 0.25) is 0 Å². The van der Waals surface area contributed by atoms with E-state index < -0.39 is 0 Å². The summed E-state index contributed by atoms with van der Waals surface area (Å²) in [5.74, 6) is -0.149. The molecule has 0 fully saturated rings. The second kappa shape index (κ2) is 7.17. The minimum absolute atomic E-state index is 0.153. The molecule has 0 aliphatic rings. The molecule has 1 N–H and O–H groups in total. The average Bonchev–Trinajstić information content (AvgIpc) is 2.40. The molecule has 0 spiro atoms. The van der Waals surface area contributed by atoms with Crippen LogP contribution in [-0.4, -0.2) is 16.7 Å². The maximum Gasteiger partial charge on any atom is 0.338 e. The lowest BCUT2D eigenvalue weighted by Crippen LogP contribution is -2.34. The molecule has 0 unspecified atom stereocenters. The molecule has 106 valence electrons. The monoisotopic (exact) mass is 264 g/mol. The Kier molecular flexibility index (Phi) is 5.87. The summed E-state index contributed by atoms with van der Waals surface area (Å²) in [5, 5.41) is 9.23. The predicted molar refractivity (Wildman–Crippen MR) is 76.4 cm³/mol. The third-order valence-corrected chi connectivity index (χ3v) is 3.47. The standard InChI is InChI=1S/C16H24O3/c1-4-11-16(6-3,12-5-2)19-15(18)13-7-9-14(17)10-8-13/h7-10,17H,4-6,11-12H2,1-3H3. The van der Waals surface area contributed by atoms with E-state index in [1.165, 1.54) is 12.1 Å². The second-order valence-corrected chi connectivity index (χ2v) is 4.97. The summed E-state index contributed by atoms with van der Waals surface area (Å²) < 4.78 is 5.77. The number of rotatable bonds is 7. The zero-order valence-corrected chi connectivity index (χ0v) is 12.1. The molecule has 0 radical (unpaired) electrons. The van der Waals surface area contributed by atoms with Gasteiger partial charge in [0.25, 0.3) is 0 Å². The van der Waals surface area contributed by atoms with E-state index in [-0.39, 0.29) is 17.3 Å². The van der Waals surface area contributed by atoms with Gasteiger partial charge in [0, 0.05) is 0 Å². The SMILES string of the molecule is CCCC(CC)(CCC)OC(=O)c1ccc(O)cc1. The van der Waals surface area contributed by atoms with Crippen molar-refractivity contribution in [2.45, 2.75) is 58.5 Å². The molecule has 0 bridgehead atoms. The van der Waals surface area contributed by atoms with Crippen LogP contribution in [0.5, 0.6) is 5.75 Å². The Morgan fingerprint density at radius 1 is 1.11 bits per heavy atom. The van der Waals surface area contributed by atoms with Crippen LogP contribution in [0, 0.1) is 0 Å². The summed E-state index contributed by atoms with van der Waals surface area (Å²) in [5.41, 5.74) is 0.140. The Hall–Kier alpha value is -1.51. The highest BCUT2D eigenvalue weighted by Crippen LogP contribution is 2.29. The van der Waals surface area contributed by atoms with Crippen LogP contribution < -0.4 is 0 Å². The molecule has 0 aliphatic heterocycles. The molecule has 0 aliphatic carbocycles. The summed E-state index contributed by atoms with van der Waals surface area (Å²) in [7, 11) is 0. The first-order chi connectivity index (χ1) is 9.06. The van der Waals surface area contributed by atoms with E-state index in [0.717, 1.165) is 32.1 Å². The molecule has 0 amide bonds. The third-order valence-electron chi connectivity index (χ3n) is 3.47. The van der Waals surface area contributed by atoms with Gasteiger partial charge in [-0.1, -0.05) is 33.6 Å². The van der Waals surface area contributed by atoms with Gasteiger partial charge in [0.1, 0.15) is 11.4 Å². The van der Waals surface area contributed by atoms with Gasteiger partial charge < -0.3 is 9.84 Å². The average molecular weight is 264 g/mol. The fraction of sp³-hybridized carbons (Fsp3) is 0.562. The first kappa shape index (κ1) is 15.5. The Balaban J connectivity index is 2.83. The van der Waals surface area contributed by atoms with Gasteiger partial charge in [0.15, 0.2) is 0 Å². The van der Waals surface area contributed by atoms with Crippen LogP contribution in [0.1, 0.15) is 63.2 Å². The maximum absolute atomic E-state index is 12.2. The normalized spacial score (nSPS) is 11.3. The number of hydrogen-bond acceptors (Lipinski definition) is 3. The molecular weight excluding hydrogens is 240 g/mol. The zero-order chi connectivity index (χ0) is 14.3. The van der Waals surface area contributed by atoms with Gasteiger partial charge >= 0.3 is 5.97 Å². The van der Waals surface area contributed by atoms with Gasteiger partial charge in [-0.2, -0.15) is 0 Å². The van der Waals surface area contributed by atoms with Gasteiger partial charge in [-0.25, -0.2) is 4.79 Å². The molecule has 1 rings (SSSR count). The number of hydrogen-bond donors (Lipinski definition) is 1. The van der Waals surface area contributed by atoms with Gasteiger partial charge in [0.05, 0.1) is 5.56 Å². The maximum atomic E-state index is 12.2. The second-order valence-electron chi connectivity index (χ2n) is 4.97. The van der Waals surface area contributed by atoms with E-state index >= 15 is 0 Å². The van der Waals surface area contributed by atoms with Crippen LogP contribution >= 0.6 is 0 Å². The van der Waals surface area contributed by atoms with Crippen molar-refractivity contribution in [2.75, 3.05) is 0 Å². The third kappa shape index (κ3) is 4.27. The van der Waals surface area contributed by atoms with Crippen molar-refractivity contribution in [3.8, 4) is 5.75 Å². The number of esters is 1. The largest absolute Gasteiger partial charge is 0.508 e. The number of ether oxygens (including phenoxy) is 1. The fourth-order valence-electron chi connectivity index (χ4n) is 2.42. The number of carbonyl (C=O) groups excluding carboxylic acids is 1. The van der Waals surface area contributed by atoms with Crippen molar-refractivity contribution in [3.05, 3.63) is 29.8 Å². The van der Waals surface area contributed by atoms with Gasteiger partial charge in [0.2, 0.25) is 0 Å². The molecule has 19 heavy (non-hydrogen) atoms. The number of phenolic OH excluding ortho intramolecular Hbond substituents is 1. The zero-order valence-electron chi connectivity index (χ0n) is 12.1. The first-order valence-electron chi connectivity index (χ1n) is 7.09. The molecule has 1 aromatic carbocycles. The first-order valence-corrected chi connectivity index (χ1v) is 7.09. The van der Waals surface area contributed by atoms with Crippen molar-refractivity contribution >= 4 is 5.97 Å². The number of phenols is 1. The number of aromatic hydroxyl groups is 1. The molecule has 0 saturated carbocycles. The lowest BCUT2D eigenvalue weighted by atomic mass is 9.89. The number of benzene rings is 1. The van der Waals surface area contributed by atoms with Crippen molar-refractivity contribution in [1.82, 2.24) is 0 Å². The van der Waals surface area contributed by atoms with Crippen LogP contribution in [0.4, 0.5) is 0 Å². The topological polar surface area (TPSA) is 46.5 Å². The minimum Gasteiger partial charge on any atom is -0.508 e. The molecule has 0 heterocycles. The van der Waals surface area contributed by atoms with E-state index in [1.807, 2.05) is 0 Å². The van der Waals surface area contributed by atoms with Crippen LogP contribution in [-0.2, 0) is 4.74 Å². The molecule has 3 nitrogen and oxygen atoms in total. The van der Waals surface area contributed by atoms with Crippen LogP contribution in [0.15, 0.2) is 24.3 Å². The Morgan fingerprint density at radius 2 is 1.63 bits per heavy atom. The van der Waals surface area contributed by atoms with E-state index in [9.17, 15) is 9.90 Å². The summed E-state index contributed by atoms with van der Waals surface area (Å²) >= 11 is 0. The van der Waals surface area contributed by atoms with Crippen molar-refractivity contribution < 1.29 is 14.6 Å². The molecule has 1 aromatic rings. The summed E-state index contributed by atoms with van der Waals surface area (Å²) in [6.07, 6.45) is 4.61. The highest BCUT2D eigenvalue weighted by Gasteiger charge is 2.31. The van der Waals surface area contributed by atoms with Crippen molar-refractivity contribution in [3.63, 3.8) is 0 Å². The van der Waals surface area contributed by atoms with Gasteiger partial charge in [-0.05, 0) is 43.5 Å². The van der Waals surface area contributed by atoms with E-state index in [4.69, 9.17) is 4.74 Å². The van der Waals surface area contributed by atoms with Crippen LogP contribution in [0.3, 0.4) is 0 Å². The Bertz CT molecular complexity index is 389. The lowest BCUT2D eigenvalue weighted by molar-refractivity contribution is -0.0305. The fourth-order valence-corrected chi connectivity index (χ4v) is 2.42. The summed E-state index contributed by atoms with van der Waals surface area (Å²) in [4.78, 5) is 12.2. The Morgan fingerprint density at radius 3 is 2.05 bits per heavy atom. The van der Waals surface area contributed by atoms with Crippen LogP contribution in [0.25, 0.3) is 0 Å². The lowest BCUT2D eigenvalue weighted by Gasteiger charge is -2.32.